The van der Waals surface area contributed by atoms with Crippen molar-refractivity contribution in [3.05, 3.63) is 48.4 Å². The summed E-state index contributed by atoms with van der Waals surface area (Å²) in [4.78, 5) is 6.97. The molecule has 1 aliphatic heterocycles. The maximum Gasteiger partial charge on any atom is 0.182 e. The van der Waals surface area contributed by atoms with Gasteiger partial charge in [0.25, 0.3) is 0 Å². The molecule has 28 heavy (non-hydrogen) atoms. The van der Waals surface area contributed by atoms with E-state index in [0.717, 1.165) is 73.6 Å². The molecule has 3 heterocycles. The van der Waals surface area contributed by atoms with E-state index in [4.69, 9.17) is 9.47 Å². The molecule has 2 aromatic heterocycles. The first-order valence-electron chi connectivity index (χ1n) is 9.55. The lowest BCUT2D eigenvalue weighted by molar-refractivity contribution is 0.0364. The summed E-state index contributed by atoms with van der Waals surface area (Å²) in [7, 11) is 1.68. The number of ether oxygens (including phenoxy) is 2. The average molecular weight is 379 g/mol. The van der Waals surface area contributed by atoms with Crippen molar-refractivity contribution in [3.63, 3.8) is 0 Å². The second kappa shape index (κ2) is 8.50. The molecule has 0 spiro atoms. The molecule has 0 atom stereocenters. The minimum atomic E-state index is 0.801. The Balaban J connectivity index is 1.59. The molecule has 0 saturated carbocycles. The Morgan fingerprint density at radius 1 is 1.04 bits per heavy atom. The van der Waals surface area contributed by atoms with Gasteiger partial charge in [-0.3, -0.25) is 9.88 Å². The van der Waals surface area contributed by atoms with Crippen LogP contribution in [-0.4, -0.2) is 64.6 Å². The normalized spacial score (nSPS) is 14.9. The third-order valence-electron chi connectivity index (χ3n) is 5.07. The largest absolute Gasteiger partial charge is 0.497 e. The molecule has 146 valence electrons. The van der Waals surface area contributed by atoms with Crippen LogP contribution < -0.4 is 4.74 Å². The van der Waals surface area contributed by atoms with E-state index in [9.17, 15) is 0 Å². The topological polar surface area (TPSA) is 65.3 Å². The molecule has 0 N–H and O–H groups in total. The third-order valence-corrected chi connectivity index (χ3v) is 5.07. The highest BCUT2D eigenvalue weighted by molar-refractivity contribution is 5.69. The van der Waals surface area contributed by atoms with Gasteiger partial charge in [0.15, 0.2) is 5.82 Å². The number of aryl methyl sites for hydroxylation is 1. The maximum atomic E-state index is 5.43. The van der Waals surface area contributed by atoms with Crippen LogP contribution in [0.25, 0.3) is 22.6 Å². The summed E-state index contributed by atoms with van der Waals surface area (Å²) in [6, 6.07) is 12.1. The number of hydrogen-bond acceptors (Lipinski definition) is 6. The van der Waals surface area contributed by atoms with E-state index < -0.39 is 0 Å². The van der Waals surface area contributed by atoms with Crippen molar-refractivity contribution in [2.45, 2.75) is 13.5 Å². The summed E-state index contributed by atoms with van der Waals surface area (Å²) in [5.74, 6) is 2.53. The van der Waals surface area contributed by atoms with Crippen LogP contribution in [-0.2, 0) is 11.3 Å². The van der Waals surface area contributed by atoms with Gasteiger partial charge in [0.1, 0.15) is 17.3 Å². The number of methoxy groups -OCH3 is 1. The van der Waals surface area contributed by atoms with E-state index in [2.05, 4.69) is 36.8 Å². The van der Waals surface area contributed by atoms with E-state index >= 15 is 0 Å². The molecule has 1 aromatic carbocycles. The Morgan fingerprint density at radius 2 is 1.86 bits per heavy atom. The van der Waals surface area contributed by atoms with Gasteiger partial charge < -0.3 is 14.0 Å². The standard InChI is InChI=1S/C21H25N5O2/c1-16-23-24-21(26(16)9-8-25-10-12-28-13-11-25)20-15-18(6-7-22-20)17-4-3-5-19(14-17)27-2/h3-7,14-15H,8-13H2,1-2H3. The summed E-state index contributed by atoms with van der Waals surface area (Å²) < 4.78 is 12.9. The van der Waals surface area contributed by atoms with E-state index in [-0.39, 0.29) is 0 Å². The number of aromatic nitrogens is 4. The summed E-state index contributed by atoms with van der Waals surface area (Å²) >= 11 is 0. The van der Waals surface area contributed by atoms with E-state index in [1.165, 1.54) is 0 Å². The van der Waals surface area contributed by atoms with Gasteiger partial charge in [-0.05, 0) is 42.3 Å². The zero-order chi connectivity index (χ0) is 19.3. The average Bonchev–Trinajstić information content (AvgIpc) is 3.13. The van der Waals surface area contributed by atoms with Crippen molar-refractivity contribution >= 4 is 0 Å². The van der Waals surface area contributed by atoms with E-state index in [0.29, 0.717) is 0 Å². The van der Waals surface area contributed by atoms with Gasteiger partial charge in [0.2, 0.25) is 0 Å². The number of rotatable bonds is 6. The maximum absolute atomic E-state index is 5.43. The number of pyridine rings is 1. The van der Waals surface area contributed by atoms with Gasteiger partial charge in [-0.2, -0.15) is 0 Å². The van der Waals surface area contributed by atoms with Crippen LogP contribution in [0.1, 0.15) is 5.82 Å². The summed E-state index contributed by atoms with van der Waals surface area (Å²) in [6.07, 6.45) is 1.82. The molecule has 0 radical (unpaired) electrons. The Hall–Kier alpha value is -2.77. The molecular weight excluding hydrogens is 354 g/mol. The summed E-state index contributed by atoms with van der Waals surface area (Å²) in [6.45, 7) is 7.32. The van der Waals surface area contributed by atoms with Gasteiger partial charge in [0.05, 0.1) is 20.3 Å². The molecule has 1 fully saturated rings. The van der Waals surface area contributed by atoms with Gasteiger partial charge in [-0.15, -0.1) is 10.2 Å². The van der Waals surface area contributed by atoms with Crippen LogP contribution in [0.2, 0.25) is 0 Å². The first-order chi connectivity index (χ1) is 13.7. The van der Waals surface area contributed by atoms with Crippen LogP contribution in [0.15, 0.2) is 42.6 Å². The van der Waals surface area contributed by atoms with Crippen molar-refractivity contribution in [1.29, 1.82) is 0 Å². The van der Waals surface area contributed by atoms with Crippen LogP contribution in [0.3, 0.4) is 0 Å². The number of benzene rings is 1. The lowest BCUT2D eigenvalue weighted by Gasteiger charge is -2.26. The molecule has 0 amide bonds. The van der Waals surface area contributed by atoms with Crippen molar-refractivity contribution < 1.29 is 9.47 Å². The van der Waals surface area contributed by atoms with E-state index in [1.54, 1.807) is 7.11 Å². The summed E-state index contributed by atoms with van der Waals surface area (Å²) in [5.41, 5.74) is 2.98. The van der Waals surface area contributed by atoms with Gasteiger partial charge in [-0.1, -0.05) is 12.1 Å². The quantitative estimate of drug-likeness (QED) is 0.656. The SMILES string of the molecule is COc1cccc(-c2ccnc(-c3nnc(C)n3CCN3CCOCC3)c2)c1. The minimum absolute atomic E-state index is 0.801. The van der Waals surface area contributed by atoms with Gasteiger partial charge in [0, 0.05) is 32.4 Å². The van der Waals surface area contributed by atoms with Crippen molar-refractivity contribution in [2.24, 2.45) is 0 Å². The van der Waals surface area contributed by atoms with Crippen molar-refractivity contribution in [2.75, 3.05) is 40.0 Å². The number of morpholine rings is 1. The summed E-state index contributed by atoms with van der Waals surface area (Å²) in [5, 5.41) is 8.70. The van der Waals surface area contributed by atoms with Crippen LogP contribution in [0, 0.1) is 6.92 Å². The molecule has 7 nitrogen and oxygen atoms in total. The predicted molar refractivity (Wildman–Crippen MR) is 107 cm³/mol. The Morgan fingerprint density at radius 3 is 2.68 bits per heavy atom. The highest BCUT2D eigenvalue weighted by Crippen LogP contribution is 2.26. The first-order valence-corrected chi connectivity index (χ1v) is 9.55. The Labute approximate surface area is 164 Å². The molecule has 7 heteroatoms. The van der Waals surface area contributed by atoms with Crippen LogP contribution in [0.5, 0.6) is 5.75 Å². The smallest absolute Gasteiger partial charge is 0.182 e. The molecule has 1 saturated heterocycles. The first kappa shape index (κ1) is 18.6. The van der Waals surface area contributed by atoms with Gasteiger partial charge >= 0.3 is 0 Å². The fraction of sp³-hybridized carbons (Fsp3) is 0.381. The second-order valence-electron chi connectivity index (χ2n) is 6.84. The fourth-order valence-corrected chi connectivity index (χ4v) is 3.44. The lowest BCUT2D eigenvalue weighted by atomic mass is 10.1. The third kappa shape index (κ3) is 4.05. The van der Waals surface area contributed by atoms with E-state index in [1.807, 2.05) is 37.4 Å². The lowest BCUT2D eigenvalue weighted by Crippen LogP contribution is -2.38. The van der Waals surface area contributed by atoms with Crippen molar-refractivity contribution in [1.82, 2.24) is 24.6 Å². The van der Waals surface area contributed by atoms with Crippen LogP contribution >= 0.6 is 0 Å². The second-order valence-corrected chi connectivity index (χ2v) is 6.84. The molecular formula is C21H25N5O2. The fourth-order valence-electron chi connectivity index (χ4n) is 3.44. The minimum Gasteiger partial charge on any atom is -0.497 e. The molecule has 0 unspecified atom stereocenters. The van der Waals surface area contributed by atoms with Gasteiger partial charge in [-0.25, -0.2) is 0 Å². The molecule has 3 aromatic rings. The monoisotopic (exact) mass is 379 g/mol. The molecule has 0 bridgehead atoms. The predicted octanol–water partition coefficient (Wildman–Crippen LogP) is 2.66. The Bertz CT molecular complexity index is 934. The highest BCUT2D eigenvalue weighted by Gasteiger charge is 2.16. The van der Waals surface area contributed by atoms with Crippen molar-refractivity contribution in [3.8, 4) is 28.4 Å². The van der Waals surface area contributed by atoms with Crippen LogP contribution in [0.4, 0.5) is 0 Å². The molecule has 0 aliphatic carbocycles. The zero-order valence-corrected chi connectivity index (χ0v) is 16.3. The Kier molecular flexibility index (Phi) is 5.64. The highest BCUT2D eigenvalue weighted by atomic mass is 16.5. The zero-order valence-electron chi connectivity index (χ0n) is 16.3. The number of nitrogens with zero attached hydrogens (tertiary/aromatic N) is 5. The number of hydrogen-bond donors (Lipinski definition) is 0. The molecule has 1 aliphatic rings. The molecule has 4 rings (SSSR count).